The molecule has 2 heterocycles. The summed E-state index contributed by atoms with van der Waals surface area (Å²) in [4.78, 5) is 21.7. The normalized spacial score (nSPS) is 11.3. The zero-order valence-electron chi connectivity index (χ0n) is 15.9. The molecule has 0 spiro atoms. The van der Waals surface area contributed by atoms with Gasteiger partial charge in [-0.3, -0.25) is 4.79 Å². The number of carbonyl (C=O) groups excluding carboxylic acids is 1. The van der Waals surface area contributed by atoms with E-state index >= 15 is 0 Å². The second-order valence-corrected chi connectivity index (χ2v) is 8.31. The fourth-order valence-corrected chi connectivity index (χ4v) is 4.14. The van der Waals surface area contributed by atoms with Gasteiger partial charge in [-0.05, 0) is 30.7 Å². The van der Waals surface area contributed by atoms with Gasteiger partial charge < -0.3 is 10.1 Å². The van der Waals surface area contributed by atoms with Crippen molar-refractivity contribution >= 4 is 29.0 Å². The number of aryl methyl sites for hydroxylation is 1. The second-order valence-electron chi connectivity index (χ2n) is 6.23. The first-order valence-corrected chi connectivity index (χ1v) is 10.7. The van der Waals surface area contributed by atoms with E-state index in [1.54, 1.807) is 29.5 Å². The number of hydrogen-bond acceptors (Lipinski definition) is 6. The lowest BCUT2D eigenvalue weighted by atomic mass is 10.2. The Bertz CT molecular complexity index is 1010. The zero-order valence-corrected chi connectivity index (χ0v) is 17.5. The highest BCUT2D eigenvalue weighted by molar-refractivity contribution is 7.98. The number of amides is 1. The summed E-state index contributed by atoms with van der Waals surface area (Å²) < 4.78 is 41.5. The molecule has 3 aromatic rings. The molecular weight excluding hydrogens is 435 g/mol. The van der Waals surface area contributed by atoms with Crippen molar-refractivity contribution in [2.45, 2.75) is 30.3 Å². The minimum absolute atomic E-state index is 0.133. The molecule has 0 unspecified atom stereocenters. The lowest BCUT2D eigenvalue weighted by Gasteiger charge is -2.11. The van der Waals surface area contributed by atoms with Gasteiger partial charge in [-0.1, -0.05) is 12.1 Å². The Hall–Kier alpha value is -2.59. The van der Waals surface area contributed by atoms with Crippen molar-refractivity contribution in [1.82, 2.24) is 15.3 Å². The van der Waals surface area contributed by atoms with Crippen molar-refractivity contribution in [3.8, 4) is 5.88 Å². The van der Waals surface area contributed by atoms with Gasteiger partial charge in [0.05, 0.1) is 16.3 Å². The number of benzene rings is 1. The van der Waals surface area contributed by atoms with Crippen LogP contribution in [-0.2, 0) is 12.3 Å². The number of thioether (sulfide) groups is 1. The molecule has 0 fully saturated rings. The van der Waals surface area contributed by atoms with E-state index in [-0.39, 0.29) is 18.3 Å². The Balaban J connectivity index is 1.60. The fraction of sp³-hybridized carbons (Fsp3) is 0.250. The van der Waals surface area contributed by atoms with Gasteiger partial charge in [-0.25, -0.2) is 9.97 Å². The maximum Gasteiger partial charge on any atom is 0.422 e. The minimum Gasteiger partial charge on any atom is -0.468 e. The molecule has 0 saturated heterocycles. The molecule has 1 amide bonds. The highest BCUT2D eigenvalue weighted by Gasteiger charge is 2.28. The molecule has 0 aliphatic heterocycles. The Morgan fingerprint density at radius 1 is 1.27 bits per heavy atom. The third kappa shape index (κ3) is 6.74. The van der Waals surface area contributed by atoms with Crippen LogP contribution in [0.1, 0.15) is 26.6 Å². The van der Waals surface area contributed by atoms with Crippen LogP contribution >= 0.6 is 23.1 Å². The maximum absolute atomic E-state index is 12.7. The quantitative estimate of drug-likeness (QED) is 0.486. The van der Waals surface area contributed by atoms with E-state index in [1.807, 2.05) is 24.4 Å². The van der Waals surface area contributed by atoms with Crippen LogP contribution in [0.2, 0.25) is 0 Å². The van der Waals surface area contributed by atoms with E-state index in [4.69, 9.17) is 0 Å². The molecule has 10 heteroatoms. The van der Waals surface area contributed by atoms with Crippen LogP contribution in [0.3, 0.4) is 0 Å². The van der Waals surface area contributed by atoms with Crippen molar-refractivity contribution in [2.24, 2.45) is 0 Å². The molecule has 158 valence electrons. The Kier molecular flexibility index (Phi) is 7.33. The molecule has 2 aromatic heterocycles. The number of alkyl halides is 3. The number of aromatic nitrogens is 2. The molecule has 0 bridgehead atoms. The lowest BCUT2D eigenvalue weighted by molar-refractivity contribution is -0.154. The summed E-state index contributed by atoms with van der Waals surface area (Å²) in [6.45, 7) is 0.659. The van der Waals surface area contributed by atoms with Gasteiger partial charge in [0.15, 0.2) is 6.61 Å². The van der Waals surface area contributed by atoms with Gasteiger partial charge in [-0.15, -0.1) is 23.1 Å². The summed E-state index contributed by atoms with van der Waals surface area (Å²) in [5.41, 5.74) is 2.07. The smallest absolute Gasteiger partial charge is 0.422 e. The zero-order chi connectivity index (χ0) is 21.6. The number of nitrogens with one attached hydrogen (secondary N) is 1. The van der Waals surface area contributed by atoms with Crippen LogP contribution in [0.5, 0.6) is 5.88 Å². The predicted molar refractivity (Wildman–Crippen MR) is 110 cm³/mol. The summed E-state index contributed by atoms with van der Waals surface area (Å²) >= 11 is 3.10. The first kappa shape index (κ1) is 22.1. The van der Waals surface area contributed by atoms with Gasteiger partial charge in [0.1, 0.15) is 0 Å². The van der Waals surface area contributed by atoms with Crippen molar-refractivity contribution in [1.29, 1.82) is 0 Å². The van der Waals surface area contributed by atoms with Crippen molar-refractivity contribution in [3.63, 3.8) is 0 Å². The first-order chi connectivity index (χ1) is 14.3. The third-order valence-electron chi connectivity index (χ3n) is 3.81. The molecule has 0 atom stereocenters. The topological polar surface area (TPSA) is 64.1 Å². The number of pyridine rings is 1. The Morgan fingerprint density at radius 3 is 2.80 bits per heavy atom. The molecule has 3 rings (SSSR count). The lowest BCUT2D eigenvalue weighted by Crippen LogP contribution is -2.23. The number of thiazole rings is 1. The van der Waals surface area contributed by atoms with Crippen LogP contribution in [0.25, 0.3) is 0 Å². The number of halogens is 3. The van der Waals surface area contributed by atoms with Gasteiger partial charge >= 0.3 is 6.18 Å². The monoisotopic (exact) mass is 453 g/mol. The Labute approximate surface area is 179 Å². The maximum atomic E-state index is 12.7. The number of rotatable bonds is 8. The largest absolute Gasteiger partial charge is 0.468 e. The van der Waals surface area contributed by atoms with Crippen molar-refractivity contribution < 1.29 is 22.7 Å². The number of hydrogen-bond donors (Lipinski definition) is 1. The van der Waals surface area contributed by atoms with E-state index in [1.165, 1.54) is 24.0 Å². The number of nitrogens with zero attached hydrogens (tertiary/aromatic N) is 2. The van der Waals surface area contributed by atoms with Gasteiger partial charge in [0, 0.05) is 34.8 Å². The summed E-state index contributed by atoms with van der Waals surface area (Å²) in [6, 6.07) is 10.2. The third-order valence-corrected chi connectivity index (χ3v) is 5.74. The van der Waals surface area contributed by atoms with Crippen LogP contribution < -0.4 is 10.1 Å². The van der Waals surface area contributed by atoms with E-state index in [0.29, 0.717) is 16.9 Å². The predicted octanol–water partition coefficient (Wildman–Crippen LogP) is 5.01. The first-order valence-electron chi connectivity index (χ1n) is 8.86. The average molecular weight is 454 g/mol. The van der Waals surface area contributed by atoms with Crippen LogP contribution in [-0.4, -0.2) is 28.7 Å². The van der Waals surface area contributed by atoms with E-state index in [0.717, 1.165) is 15.6 Å². The minimum atomic E-state index is -4.44. The number of ether oxygens (including phenoxy) is 1. The van der Waals surface area contributed by atoms with E-state index in [9.17, 15) is 18.0 Å². The highest BCUT2D eigenvalue weighted by atomic mass is 32.2. The molecule has 5 nitrogen and oxygen atoms in total. The van der Waals surface area contributed by atoms with E-state index < -0.39 is 12.8 Å². The molecule has 0 saturated carbocycles. The van der Waals surface area contributed by atoms with Crippen LogP contribution in [0.4, 0.5) is 13.2 Å². The molecular formula is C20H18F3N3O2S2. The average Bonchev–Trinajstić information content (AvgIpc) is 3.14. The van der Waals surface area contributed by atoms with Gasteiger partial charge in [-0.2, -0.15) is 13.2 Å². The standard InChI is InChI=1S/C20H18F3N3O2S2/c1-13-26-15(10-29-13)11-30-17-5-3-2-4-16(17)19(27)25-9-14-6-7-24-18(8-14)28-12-20(21,22)23/h2-8,10H,9,11-12H2,1H3,(H,25,27). The van der Waals surface area contributed by atoms with Crippen LogP contribution in [0, 0.1) is 6.92 Å². The number of carbonyl (C=O) groups is 1. The highest BCUT2D eigenvalue weighted by Crippen LogP contribution is 2.27. The summed E-state index contributed by atoms with van der Waals surface area (Å²) in [6.07, 6.45) is -3.10. The molecule has 0 aliphatic carbocycles. The van der Waals surface area contributed by atoms with Crippen molar-refractivity contribution in [3.05, 3.63) is 69.8 Å². The molecule has 0 aliphatic rings. The fourth-order valence-electron chi connectivity index (χ4n) is 2.48. The molecule has 1 N–H and O–H groups in total. The summed E-state index contributed by atoms with van der Waals surface area (Å²) in [5.74, 6) is 0.231. The molecule has 30 heavy (non-hydrogen) atoms. The Morgan fingerprint density at radius 2 is 2.07 bits per heavy atom. The molecule has 0 radical (unpaired) electrons. The van der Waals surface area contributed by atoms with Gasteiger partial charge in [0.25, 0.3) is 5.91 Å². The second kappa shape index (κ2) is 9.94. The van der Waals surface area contributed by atoms with Gasteiger partial charge in [0.2, 0.25) is 5.88 Å². The van der Waals surface area contributed by atoms with Crippen LogP contribution in [0.15, 0.2) is 52.9 Å². The summed E-state index contributed by atoms with van der Waals surface area (Å²) in [5, 5.41) is 5.77. The molecule has 1 aromatic carbocycles. The summed E-state index contributed by atoms with van der Waals surface area (Å²) in [7, 11) is 0. The SMILES string of the molecule is Cc1nc(CSc2ccccc2C(=O)NCc2ccnc(OCC(F)(F)F)c2)cs1. The van der Waals surface area contributed by atoms with Crippen molar-refractivity contribution in [2.75, 3.05) is 6.61 Å². The van der Waals surface area contributed by atoms with E-state index in [2.05, 4.69) is 20.0 Å².